The van der Waals surface area contributed by atoms with Gasteiger partial charge < -0.3 is 10.6 Å². The Hall–Kier alpha value is -3.69. The third-order valence-electron chi connectivity index (χ3n) is 6.01. The van der Waals surface area contributed by atoms with Crippen LogP contribution in [0.15, 0.2) is 42.7 Å². The zero-order chi connectivity index (χ0) is 22.6. The maximum Gasteiger partial charge on any atom is 0.416 e. The number of hydrogen-bond donors (Lipinski definition) is 1. The highest BCUT2D eigenvalue weighted by molar-refractivity contribution is 6.01. The fourth-order valence-electron chi connectivity index (χ4n) is 4.48. The first-order valence-corrected chi connectivity index (χ1v) is 10.2. The molecule has 0 spiro atoms. The van der Waals surface area contributed by atoms with Gasteiger partial charge in [-0.1, -0.05) is 6.07 Å². The lowest BCUT2D eigenvalue weighted by Crippen LogP contribution is -2.33. The van der Waals surface area contributed by atoms with E-state index in [1.807, 2.05) is 6.92 Å². The van der Waals surface area contributed by atoms with Gasteiger partial charge in [0.15, 0.2) is 5.65 Å². The number of nitrogens with two attached hydrogens (primary N) is 1. The van der Waals surface area contributed by atoms with Gasteiger partial charge in [0.05, 0.1) is 17.1 Å². The Morgan fingerprint density at radius 1 is 1.25 bits per heavy atom. The van der Waals surface area contributed by atoms with E-state index in [1.54, 1.807) is 27.5 Å². The van der Waals surface area contributed by atoms with Gasteiger partial charge in [-0.2, -0.15) is 13.2 Å². The molecule has 164 valence electrons. The van der Waals surface area contributed by atoms with Crippen LogP contribution in [0.2, 0.25) is 0 Å². The Balaban J connectivity index is 1.52. The van der Waals surface area contributed by atoms with E-state index in [4.69, 9.17) is 5.73 Å². The number of fused-ring (bicyclic) bond motifs is 4. The highest BCUT2D eigenvalue weighted by Crippen LogP contribution is 2.40. The molecule has 0 radical (unpaired) electrons. The number of benzene rings is 2. The van der Waals surface area contributed by atoms with Crippen LogP contribution in [0.5, 0.6) is 0 Å². The quantitative estimate of drug-likeness (QED) is 0.520. The van der Waals surface area contributed by atoms with Crippen LogP contribution in [-0.4, -0.2) is 36.9 Å². The Labute approximate surface area is 180 Å². The average Bonchev–Trinajstić information content (AvgIpc) is 3.41. The molecule has 4 aromatic rings. The molecule has 0 bridgehead atoms. The van der Waals surface area contributed by atoms with E-state index in [9.17, 15) is 18.0 Å². The maximum absolute atomic E-state index is 13.4. The molecule has 2 aromatic heterocycles. The largest absolute Gasteiger partial charge is 0.416 e. The summed E-state index contributed by atoms with van der Waals surface area (Å²) in [6.45, 7) is 2.28. The van der Waals surface area contributed by atoms with Crippen molar-refractivity contribution in [1.82, 2.24) is 24.5 Å². The van der Waals surface area contributed by atoms with Crippen molar-refractivity contribution in [3.8, 4) is 0 Å². The molecule has 1 unspecified atom stereocenters. The highest BCUT2D eigenvalue weighted by Gasteiger charge is 2.35. The van der Waals surface area contributed by atoms with Crippen molar-refractivity contribution in [2.45, 2.75) is 32.0 Å². The Morgan fingerprint density at radius 3 is 2.81 bits per heavy atom. The van der Waals surface area contributed by atoms with Crippen LogP contribution in [-0.2, 0) is 12.6 Å². The number of amides is 1. The van der Waals surface area contributed by atoms with Crippen LogP contribution >= 0.6 is 0 Å². The minimum atomic E-state index is -4.39. The van der Waals surface area contributed by atoms with Crippen LogP contribution in [0.3, 0.4) is 0 Å². The Kier molecular flexibility index (Phi) is 4.54. The number of carbonyl (C=O) groups excluding carboxylic acids is 1. The van der Waals surface area contributed by atoms with Gasteiger partial charge in [0.2, 0.25) is 5.95 Å². The highest BCUT2D eigenvalue weighted by atomic mass is 19.4. The monoisotopic (exact) mass is 440 g/mol. The maximum atomic E-state index is 13.4. The fourth-order valence-corrected chi connectivity index (χ4v) is 4.48. The summed E-state index contributed by atoms with van der Waals surface area (Å²) < 4.78 is 40.8. The van der Waals surface area contributed by atoms with Crippen molar-refractivity contribution in [1.29, 1.82) is 0 Å². The summed E-state index contributed by atoms with van der Waals surface area (Å²) in [5.74, 6) is 0.0363. The molecule has 1 atom stereocenters. The molecule has 0 saturated carbocycles. The summed E-state index contributed by atoms with van der Waals surface area (Å²) in [6, 6.07) is 8.59. The normalized spacial score (nSPS) is 15.9. The summed E-state index contributed by atoms with van der Waals surface area (Å²) in [5, 5.41) is 8.59. The van der Waals surface area contributed by atoms with E-state index in [0.29, 0.717) is 47.1 Å². The summed E-state index contributed by atoms with van der Waals surface area (Å²) in [4.78, 5) is 19.5. The lowest BCUT2D eigenvalue weighted by molar-refractivity contribution is -0.137. The van der Waals surface area contributed by atoms with Gasteiger partial charge in [-0.25, -0.2) is 4.98 Å². The second-order valence-corrected chi connectivity index (χ2v) is 7.78. The number of aromatic nitrogens is 4. The molecule has 1 aliphatic rings. The van der Waals surface area contributed by atoms with Crippen molar-refractivity contribution in [2.24, 2.45) is 0 Å². The first-order valence-electron chi connectivity index (χ1n) is 10.2. The Morgan fingerprint density at radius 2 is 2.06 bits per heavy atom. The number of alkyl halides is 3. The van der Waals surface area contributed by atoms with Crippen molar-refractivity contribution >= 4 is 28.4 Å². The number of nitrogens with zero attached hydrogens (tertiary/aromatic N) is 5. The minimum absolute atomic E-state index is 0.207. The van der Waals surface area contributed by atoms with E-state index in [-0.39, 0.29) is 17.9 Å². The summed E-state index contributed by atoms with van der Waals surface area (Å²) >= 11 is 0. The fraction of sp³-hybridized carbons (Fsp3) is 0.273. The minimum Gasteiger partial charge on any atom is -0.369 e. The molecular weight excluding hydrogens is 421 g/mol. The lowest BCUT2D eigenvalue weighted by Gasteiger charge is -2.29. The Bertz CT molecular complexity index is 1360. The van der Waals surface area contributed by atoms with Crippen molar-refractivity contribution in [3.63, 3.8) is 0 Å². The van der Waals surface area contributed by atoms with E-state index < -0.39 is 11.7 Å². The molecule has 1 amide bonds. The summed E-state index contributed by atoms with van der Waals surface area (Å²) in [5.41, 5.74) is 8.20. The number of hydrogen-bond acceptors (Lipinski definition) is 5. The molecule has 2 heterocycles. The van der Waals surface area contributed by atoms with E-state index in [0.717, 1.165) is 11.6 Å². The van der Waals surface area contributed by atoms with Crippen LogP contribution < -0.4 is 5.73 Å². The van der Waals surface area contributed by atoms with Crippen LogP contribution in [0.1, 0.15) is 46.4 Å². The standard InChI is InChI=1S/C22H19F3N6O/c1-2-30(18-8-4-12-9-14(22(23,24)25)5-6-15(12)18)20(32)13-3-7-17-16(10-13)19-29-27-11-31(19)21(26)28-17/h3,5-7,9-11,18H,2,4,8H2,1H3,(H2,26,28). The van der Waals surface area contributed by atoms with E-state index in [2.05, 4.69) is 15.2 Å². The molecule has 2 aromatic carbocycles. The molecule has 32 heavy (non-hydrogen) atoms. The molecular formula is C22H19F3N6O. The summed E-state index contributed by atoms with van der Waals surface area (Å²) in [7, 11) is 0. The zero-order valence-corrected chi connectivity index (χ0v) is 17.1. The second-order valence-electron chi connectivity index (χ2n) is 7.78. The number of aryl methyl sites for hydroxylation is 1. The van der Waals surface area contributed by atoms with Gasteiger partial charge in [-0.05, 0) is 61.2 Å². The van der Waals surface area contributed by atoms with Crippen molar-refractivity contribution in [2.75, 3.05) is 12.3 Å². The van der Waals surface area contributed by atoms with Gasteiger partial charge >= 0.3 is 6.18 Å². The van der Waals surface area contributed by atoms with Gasteiger partial charge in [0.1, 0.15) is 6.33 Å². The molecule has 0 aliphatic heterocycles. The topological polar surface area (TPSA) is 89.4 Å². The van der Waals surface area contributed by atoms with Gasteiger partial charge in [0, 0.05) is 17.5 Å². The van der Waals surface area contributed by atoms with Crippen LogP contribution in [0.4, 0.5) is 19.1 Å². The second kappa shape index (κ2) is 7.18. The number of carbonyl (C=O) groups is 1. The number of halogens is 3. The third-order valence-corrected chi connectivity index (χ3v) is 6.01. The third kappa shape index (κ3) is 3.14. The molecule has 1 aliphatic carbocycles. The van der Waals surface area contributed by atoms with Crippen LogP contribution in [0.25, 0.3) is 16.6 Å². The lowest BCUT2D eigenvalue weighted by atomic mass is 10.0. The predicted octanol–water partition coefficient (Wildman–Crippen LogP) is 4.03. The van der Waals surface area contributed by atoms with Gasteiger partial charge in [-0.15, -0.1) is 10.2 Å². The number of anilines is 1. The summed E-state index contributed by atoms with van der Waals surface area (Å²) in [6.07, 6.45) is -1.86. The molecule has 0 saturated heterocycles. The van der Waals surface area contributed by atoms with Gasteiger partial charge in [-0.3, -0.25) is 9.20 Å². The van der Waals surface area contributed by atoms with Crippen molar-refractivity contribution < 1.29 is 18.0 Å². The predicted molar refractivity (Wildman–Crippen MR) is 112 cm³/mol. The first kappa shape index (κ1) is 20.2. The molecule has 7 nitrogen and oxygen atoms in total. The zero-order valence-electron chi connectivity index (χ0n) is 17.1. The average molecular weight is 440 g/mol. The molecule has 2 N–H and O–H groups in total. The SMILES string of the molecule is CCN(C(=O)c1ccc2nc(N)n3cnnc3c2c1)C1CCc2cc(C(F)(F)F)ccc21. The van der Waals surface area contributed by atoms with E-state index in [1.165, 1.54) is 18.5 Å². The number of nitrogen functional groups attached to an aromatic ring is 1. The van der Waals surface area contributed by atoms with Crippen molar-refractivity contribution in [3.05, 3.63) is 65.0 Å². The molecule has 10 heteroatoms. The molecule has 0 fully saturated rings. The van der Waals surface area contributed by atoms with Crippen LogP contribution in [0, 0.1) is 0 Å². The smallest absolute Gasteiger partial charge is 0.369 e. The first-order chi connectivity index (χ1) is 15.3. The van der Waals surface area contributed by atoms with Gasteiger partial charge in [0.25, 0.3) is 5.91 Å². The molecule has 5 rings (SSSR count). The number of rotatable bonds is 3. The van der Waals surface area contributed by atoms with E-state index >= 15 is 0 Å².